The highest BCUT2D eigenvalue weighted by molar-refractivity contribution is 6.05. The number of benzene rings is 8. The minimum atomic E-state index is -0.0673. The van der Waals surface area contributed by atoms with Crippen LogP contribution in [-0.2, 0) is 5.41 Å². The molecule has 0 aliphatic heterocycles. The first kappa shape index (κ1) is 31.1. The van der Waals surface area contributed by atoms with Crippen molar-refractivity contribution in [3.63, 3.8) is 0 Å². The minimum Gasteiger partial charge on any atom is -0.228 e. The van der Waals surface area contributed by atoms with Gasteiger partial charge < -0.3 is 0 Å². The molecule has 0 fully saturated rings. The Bertz CT molecular complexity index is 2830. The zero-order chi connectivity index (χ0) is 35.5. The van der Waals surface area contributed by atoms with Crippen molar-refractivity contribution in [2.24, 2.45) is 0 Å². The second-order valence-corrected chi connectivity index (χ2v) is 14.6. The summed E-state index contributed by atoms with van der Waals surface area (Å²) >= 11 is 0. The van der Waals surface area contributed by atoms with Gasteiger partial charge in [-0.25, -0.2) is 9.97 Å². The summed E-state index contributed by atoms with van der Waals surface area (Å²) in [6, 6.07) is 65.4. The SMILES string of the molecule is CC1(C)c2ccc(-c3ccc(-c4cc(-c5ccccc5)nc(-c5ccc(-c6ccccc6)cc5)n4)c4ccccc34)cc2-c2cc3ccccc3cc21. The molecule has 0 saturated heterocycles. The van der Waals surface area contributed by atoms with Crippen molar-refractivity contribution in [2.75, 3.05) is 0 Å². The maximum Gasteiger partial charge on any atom is 0.160 e. The largest absolute Gasteiger partial charge is 0.228 e. The van der Waals surface area contributed by atoms with Crippen molar-refractivity contribution in [1.29, 1.82) is 0 Å². The van der Waals surface area contributed by atoms with Crippen LogP contribution in [0.5, 0.6) is 0 Å². The lowest BCUT2D eigenvalue weighted by atomic mass is 9.81. The molecule has 0 spiro atoms. The van der Waals surface area contributed by atoms with E-state index in [0.717, 1.165) is 28.1 Å². The van der Waals surface area contributed by atoms with Crippen molar-refractivity contribution in [2.45, 2.75) is 19.3 Å². The minimum absolute atomic E-state index is 0.0673. The van der Waals surface area contributed by atoms with Gasteiger partial charge in [-0.3, -0.25) is 0 Å². The number of nitrogens with zero attached hydrogens (tertiary/aromatic N) is 2. The van der Waals surface area contributed by atoms with Gasteiger partial charge in [0.2, 0.25) is 0 Å². The van der Waals surface area contributed by atoms with Crippen molar-refractivity contribution in [3.05, 3.63) is 193 Å². The van der Waals surface area contributed by atoms with Gasteiger partial charge in [0.1, 0.15) is 0 Å². The first-order valence-electron chi connectivity index (χ1n) is 18.3. The molecule has 53 heavy (non-hydrogen) atoms. The number of fused-ring (bicyclic) bond motifs is 5. The maximum atomic E-state index is 5.26. The summed E-state index contributed by atoms with van der Waals surface area (Å²) < 4.78 is 0. The Hall–Kier alpha value is -6.64. The lowest BCUT2D eigenvalue weighted by Gasteiger charge is -2.22. The summed E-state index contributed by atoms with van der Waals surface area (Å²) in [6.07, 6.45) is 0. The van der Waals surface area contributed by atoms with Crippen LogP contribution in [0.25, 0.3) is 88.8 Å². The Balaban J connectivity index is 1.11. The normalized spacial score (nSPS) is 12.9. The van der Waals surface area contributed by atoms with Gasteiger partial charge in [0, 0.05) is 22.1 Å². The molecular weight excluding hydrogens is 641 g/mol. The van der Waals surface area contributed by atoms with E-state index in [1.54, 1.807) is 0 Å². The molecule has 2 heteroatoms. The first-order chi connectivity index (χ1) is 26.0. The van der Waals surface area contributed by atoms with Crippen LogP contribution in [0.4, 0.5) is 0 Å². The summed E-state index contributed by atoms with van der Waals surface area (Å²) in [7, 11) is 0. The molecule has 0 N–H and O–H groups in total. The highest BCUT2D eigenvalue weighted by Crippen LogP contribution is 2.51. The fourth-order valence-corrected chi connectivity index (χ4v) is 8.29. The third-order valence-corrected chi connectivity index (χ3v) is 11.1. The van der Waals surface area contributed by atoms with E-state index in [4.69, 9.17) is 9.97 Å². The Morgan fingerprint density at radius 1 is 0.340 bits per heavy atom. The van der Waals surface area contributed by atoms with E-state index in [0.29, 0.717) is 5.82 Å². The van der Waals surface area contributed by atoms with Gasteiger partial charge in [-0.05, 0) is 90.3 Å². The molecule has 0 bridgehead atoms. The Kier molecular flexibility index (Phi) is 7.19. The van der Waals surface area contributed by atoms with Gasteiger partial charge in [0.25, 0.3) is 0 Å². The molecule has 1 aromatic heterocycles. The van der Waals surface area contributed by atoms with Gasteiger partial charge in [-0.1, -0.05) is 172 Å². The van der Waals surface area contributed by atoms with E-state index in [1.807, 2.05) is 12.1 Å². The van der Waals surface area contributed by atoms with E-state index in [1.165, 1.54) is 66.1 Å². The van der Waals surface area contributed by atoms with Crippen molar-refractivity contribution in [1.82, 2.24) is 9.97 Å². The van der Waals surface area contributed by atoms with E-state index in [9.17, 15) is 0 Å². The van der Waals surface area contributed by atoms with Crippen LogP contribution in [0.1, 0.15) is 25.0 Å². The second kappa shape index (κ2) is 12.3. The molecule has 0 saturated carbocycles. The van der Waals surface area contributed by atoms with E-state index in [-0.39, 0.29) is 5.41 Å². The van der Waals surface area contributed by atoms with Crippen molar-refractivity contribution >= 4 is 21.5 Å². The standard InChI is InChI=1S/C51H36N2/c1-51(2)46-28-25-39(30-44(46)45-29-37-17-9-10-18-38(37)31-47(45)51)40-26-27-43(42-20-12-11-19-41(40)42)49-32-48(35-15-7-4-8-16-35)52-50(53-49)36-23-21-34(22-24-36)33-13-5-3-6-14-33/h3-32H,1-2H3. The van der Waals surface area contributed by atoms with Crippen molar-refractivity contribution in [3.8, 4) is 67.3 Å². The van der Waals surface area contributed by atoms with Gasteiger partial charge in [0.05, 0.1) is 11.4 Å². The van der Waals surface area contributed by atoms with E-state index < -0.39 is 0 Å². The zero-order valence-corrected chi connectivity index (χ0v) is 29.7. The van der Waals surface area contributed by atoms with Crippen LogP contribution in [0, 0.1) is 0 Å². The highest BCUT2D eigenvalue weighted by Gasteiger charge is 2.36. The van der Waals surface area contributed by atoms with Crippen LogP contribution < -0.4 is 0 Å². The molecule has 10 rings (SSSR count). The summed E-state index contributed by atoms with van der Waals surface area (Å²) in [5.41, 5.74) is 15.1. The van der Waals surface area contributed by atoms with Gasteiger partial charge >= 0.3 is 0 Å². The summed E-state index contributed by atoms with van der Waals surface area (Å²) in [4.78, 5) is 10.4. The van der Waals surface area contributed by atoms with Crippen LogP contribution in [0.3, 0.4) is 0 Å². The monoisotopic (exact) mass is 676 g/mol. The van der Waals surface area contributed by atoms with Crippen LogP contribution >= 0.6 is 0 Å². The molecular formula is C51H36N2. The molecule has 8 aromatic carbocycles. The fraction of sp³-hybridized carbons (Fsp3) is 0.0588. The van der Waals surface area contributed by atoms with Crippen molar-refractivity contribution < 1.29 is 0 Å². The van der Waals surface area contributed by atoms with E-state index >= 15 is 0 Å². The molecule has 9 aromatic rings. The van der Waals surface area contributed by atoms with E-state index in [2.05, 4.69) is 184 Å². The van der Waals surface area contributed by atoms with Gasteiger partial charge in [0.15, 0.2) is 5.82 Å². The molecule has 2 nitrogen and oxygen atoms in total. The number of hydrogen-bond acceptors (Lipinski definition) is 2. The lowest BCUT2D eigenvalue weighted by Crippen LogP contribution is -2.14. The predicted octanol–water partition coefficient (Wildman–Crippen LogP) is 13.4. The molecule has 1 aliphatic rings. The lowest BCUT2D eigenvalue weighted by molar-refractivity contribution is 0.661. The highest BCUT2D eigenvalue weighted by atomic mass is 14.9. The third kappa shape index (κ3) is 5.26. The smallest absolute Gasteiger partial charge is 0.160 e. The average Bonchev–Trinajstić information content (AvgIpc) is 3.44. The molecule has 0 amide bonds. The molecule has 250 valence electrons. The van der Waals surface area contributed by atoms with Gasteiger partial charge in [-0.15, -0.1) is 0 Å². The topological polar surface area (TPSA) is 25.8 Å². The second-order valence-electron chi connectivity index (χ2n) is 14.6. The molecule has 1 heterocycles. The zero-order valence-electron chi connectivity index (χ0n) is 29.7. The average molecular weight is 677 g/mol. The Morgan fingerprint density at radius 3 is 1.60 bits per heavy atom. The van der Waals surface area contributed by atoms with Crippen LogP contribution in [0.15, 0.2) is 182 Å². The Labute approximate surface area is 310 Å². The molecule has 0 unspecified atom stereocenters. The molecule has 0 radical (unpaired) electrons. The first-order valence-corrected chi connectivity index (χ1v) is 18.3. The van der Waals surface area contributed by atoms with Crippen LogP contribution in [-0.4, -0.2) is 9.97 Å². The number of rotatable bonds is 5. The van der Waals surface area contributed by atoms with Gasteiger partial charge in [-0.2, -0.15) is 0 Å². The maximum absolute atomic E-state index is 5.26. The summed E-state index contributed by atoms with van der Waals surface area (Å²) in [6.45, 7) is 4.71. The molecule has 0 atom stereocenters. The number of hydrogen-bond donors (Lipinski definition) is 0. The summed E-state index contributed by atoms with van der Waals surface area (Å²) in [5.74, 6) is 0.710. The van der Waals surface area contributed by atoms with Crippen LogP contribution in [0.2, 0.25) is 0 Å². The predicted molar refractivity (Wildman–Crippen MR) is 222 cm³/mol. The Morgan fingerprint density at radius 2 is 0.868 bits per heavy atom. The fourth-order valence-electron chi connectivity index (χ4n) is 8.29. The number of aromatic nitrogens is 2. The molecule has 1 aliphatic carbocycles. The quantitative estimate of drug-likeness (QED) is 0.181. The third-order valence-electron chi connectivity index (χ3n) is 11.1. The summed E-state index contributed by atoms with van der Waals surface area (Å²) in [5, 5.41) is 4.94.